The van der Waals surface area contributed by atoms with Gasteiger partial charge in [0.2, 0.25) is 11.6 Å². The third kappa shape index (κ3) is 5.11. The molecule has 9 rings (SSSR count). The van der Waals surface area contributed by atoms with Gasteiger partial charge in [-0.05, 0) is 72.7 Å². The van der Waals surface area contributed by atoms with Crippen LogP contribution in [0.2, 0.25) is 0 Å². The van der Waals surface area contributed by atoms with E-state index >= 15 is 4.79 Å². The average molecular weight is 702 g/mol. The van der Waals surface area contributed by atoms with Crippen molar-refractivity contribution in [3.8, 4) is 0 Å². The van der Waals surface area contributed by atoms with Gasteiger partial charge in [0.1, 0.15) is 12.0 Å². The first-order chi connectivity index (χ1) is 26.1. The number of hydrogen-bond acceptors (Lipinski definition) is 6. The van der Waals surface area contributed by atoms with Gasteiger partial charge in [-0.15, -0.1) is 0 Å². The summed E-state index contributed by atoms with van der Waals surface area (Å²) in [7, 11) is 0. The Morgan fingerprint density at radius 1 is 0.736 bits per heavy atom. The number of nitrogens with zero attached hydrogens (tertiary/aromatic N) is 3. The molecule has 0 bridgehead atoms. The molecule has 2 atom stereocenters. The molecule has 2 N–H and O–H groups in total. The number of fused-ring (bicyclic) bond motifs is 1. The molecule has 0 radical (unpaired) electrons. The Bertz CT molecular complexity index is 2220. The summed E-state index contributed by atoms with van der Waals surface area (Å²) in [6.07, 6.45) is 3.30. The van der Waals surface area contributed by atoms with Gasteiger partial charge >= 0.3 is 5.97 Å². The number of carbonyl (C=O) groups excluding carboxylic acids is 2. The maximum Gasteiger partial charge on any atom is 0.350 e. The molecule has 1 unspecified atom stereocenters. The van der Waals surface area contributed by atoms with Crippen LogP contribution >= 0.6 is 0 Å². The number of para-hydroxylation sites is 1. The quantitative estimate of drug-likeness (QED) is 0.126. The number of hydrogen-bond donors (Lipinski definition) is 2. The van der Waals surface area contributed by atoms with Gasteiger partial charge in [0, 0.05) is 30.7 Å². The smallest absolute Gasteiger partial charge is 0.350 e. The van der Waals surface area contributed by atoms with Crippen LogP contribution in [0.1, 0.15) is 53.6 Å². The first-order valence-corrected chi connectivity index (χ1v) is 18.8. The van der Waals surface area contributed by atoms with E-state index in [0.29, 0.717) is 25.9 Å². The molecule has 8 nitrogen and oxygen atoms in total. The molecule has 1 spiro atoms. The molecular formula is C45H43N5O3. The number of carbonyl (C=O) groups is 2. The summed E-state index contributed by atoms with van der Waals surface area (Å²) >= 11 is 0. The third-order valence-electron chi connectivity index (χ3n) is 11.8. The van der Waals surface area contributed by atoms with Gasteiger partial charge in [0.25, 0.3) is 0 Å². The molecule has 4 heterocycles. The van der Waals surface area contributed by atoms with E-state index in [-0.39, 0.29) is 12.5 Å². The van der Waals surface area contributed by atoms with E-state index in [4.69, 9.17) is 9.84 Å². The molecule has 1 aromatic heterocycles. The van der Waals surface area contributed by atoms with Crippen molar-refractivity contribution in [2.75, 3.05) is 31.1 Å². The van der Waals surface area contributed by atoms with Gasteiger partial charge in [-0.1, -0.05) is 121 Å². The van der Waals surface area contributed by atoms with Crippen molar-refractivity contribution in [1.82, 2.24) is 20.4 Å². The lowest BCUT2D eigenvalue weighted by atomic mass is 9.66. The number of aromatic nitrogens is 2. The van der Waals surface area contributed by atoms with E-state index in [1.807, 2.05) is 65.3 Å². The van der Waals surface area contributed by atoms with E-state index in [1.165, 1.54) is 18.5 Å². The normalized spacial score (nSPS) is 21.4. The molecule has 0 saturated carbocycles. The predicted octanol–water partition coefficient (Wildman–Crippen LogP) is 6.92. The van der Waals surface area contributed by atoms with Crippen molar-refractivity contribution in [1.29, 1.82) is 0 Å². The maximum absolute atomic E-state index is 15.0. The number of amides is 1. The van der Waals surface area contributed by atoms with Gasteiger partial charge in [-0.3, -0.25) is 10.1 Å². The first-order valence-electron chi connectivity index (χ1n) is 18.8. The zero-order valence-electron chi connectivity index (χ0n) is 29.7. The zero-order chi connectivity index (χ0) is 35.9. The Kier molecular flexibility index (Phi) is 8.35. The Labute approximate surface area is 309 Å². The fourth-order valence-electron chi connectivity index (χ4n) is 9.32. The summed E-state index contributed by atoms with van der Waals surface area (Å²) in [5, 5.41) is 13.2. The standard InChI is InChI=1S/C45H43N5O3/c51-41-43(25-27-46-41)26-28-47-45(43,42(52)53-32-33-15-4-1-5-16-33)50-39-24-11-10-23-38(39)40(48-50)44(34-17-6-2-7-18-34,35-19-8-3-9-20-35)36-21-14-22-37(31-36)49-29-12-13-30-49/h1-11,14-24,31,47H,12-13,25-30,32H2,(H,46,51)/t43?,45-/m0/s1. The van der Waals surface area contributed by atoms with Crippen molar-refractivity contribution >= 4 is 28.5 Å². The SMILES string of the molecule is O=C1NCCC12CCN[C@@]2(C(=O)OCc1ccccc1)n1nc(C(c2ccccc2)(c2ccccc2)c2cccc(N3CCCC3)c2)c2ccccc21. The number of ether oxygens (including phenoxy) is 1. The van der Waals surface area contributed by atoms with Crippen LogP contribution in [0.15, 0.2) is 140 Å². The van der Waals surface area contributed by atoms with Crippen LogP contribution in [0, 0.1) is 5.41 Å². The predicted molar refractivity (Wildman–Crippen MR) is 206 cm³/mol. The molecule has 8 heteroatoms. The van der Waals surface area contributed by atoms with Gasteiger partial charge in [0.15, 0.2) is 0 Å². The molecular weight excluding hydrogens is 659 g/mol. The Morgan fingerprint density at radius 3 is 2.04 bits per heavy atom. The molecule has 0 aliphatic carbocycles. The van der Waals surface area contributed by atoms with Crippen LogP contribution < -0.4 is 15.5 Å². The number of benzene rings is 5. The lowest BCUT2D eigenvalue weighted by molar-refractivity contribution is -0.168. The average Bonchev–Trinajstić information content (AvgIpc) is 4.04. The Morgan fingerprint density at radius 2 is 1.36 bits per heavy atom. The molecule has 53 heavy (non-hydrogen) atoms. The summed E-state index contributed by atoms with van der Waals surface area (Å²) in [5.41, 5.74) is 3.14. The molecule has 266 valence electrons. The minimum atomic E-state index is -1.60. The van der Waals surface area contributed by atoms with E-state index in [0.717, 1.165) is 51.9 Å². The van der Waals surface area contributed by atoms with Crippen LogP contribution in [0.5, 0.6) is 0 Å². The summed E-state index contributed by atoms with van der Waals surface area (Å²) in [4.78, 5) is 31.6. The van der Waals surface area contributed by atoms with Crippen molar-refractivity contribution in [3.05, 3.63) is 167 Å². The number of esters is 1. The molecule has 3 aliphatic rings. The van der Waals surface area contributed by atoms with Crippen LogP contribution in [0.4, 0.5) is 5.69 Å². The third-order valence-corrected chi connectivity index (χ3v) is 11.8. The minimum Gasteiger partial charge on any atom is -0.458 e. The summed E-state index contributed by atoms with van der Waals surface area (Å²) in [6.45, 7) is 3.05. The fraction of sp³-hybridized carbons (Fsp3) is 0.267. The van der Waals surface area contributed by atoms with E-state index in [9.17, 15) is 4.79 Å². The highest BCUT2D eigenvalue weighted by atomic mass is 16.5. The molecule has 1 amide bonds. The van der Waals surface area contributed by atoms with Crippen LogP contribution in [-0.4, -0.2) is 47.8 Å². The minimum absolute atomic E-state index is 0.0775. The van der Waals surface area contributed by atoms with Crippen LogP contribution in [-0.2, 0) is 32.0 Å². The molecule has 3 saturated heterocycles. The second-order valence-corrected chi connectivity index (χ2v) is 14.5. The summed E-state index contributed by atoms with van der Waals surface area (Å²) in [6, 6.07) is 47.8. The van der Waals surface area contributed by atoms with Gasteiger partial charge < -0.3 is 15.0 Å². The number of nitrogens with one attached hydrogen (secondary N) is 2. The molecule has 5 aromatic carbocycles. The van der Waals surface area contributed by atoms with Gasteiger partial charge in [-0.25, -0.2) is 9.48 Å². The molecule has 3 aliphatic heterocycles. The topological polar surface area (TPSA) is 88.5 Å². The lowest BCUT2D eigenvalue weighted by Gasteiger charge is -2.40. The maximum atomic E-state index is 15.0. The van der Waals surface area contributed by atoms with Crippen LogP contribution in [0.25, 0.3) is 10.9 Å². The van der Waals surface area contributed by atoms with E-state index in [1.54, 1.807) is 0 Å². The van der Waals surface area contributed by atoms with E-state index < -0.39 is 22.5 Å². The lowest BCUT2D eigenvalue weighted by Crippen LogP contribution is -2.62. The second-order valence-electron chi connectivity index (χ2n) is 14.5. The highest BCUT2D eigenvalue weighted by Crippen LogP contribution is 2.53. The Balaban J connectivity index is 1.34. The zero-order valence-corrected chi connectivity index (χ0v) is 29.7. The second kappa shape index (κ2) is 13.4. The highest BCUT2D eigenvalue weighted by Gasteiger charge is 2.69. The van der Waals surface area contributed by atoms with E-state index in [2.05, 4.69) is 94.4 Å². The van der Waals surface area contributed by atoms with Crippen molar-refractivity contribution in [2.24, 2.45) is 5.41 Å². The van der Waals surface area contributed by atoms with Gasteiger partial charge in [-0.2, -0.15) is 5.10 Å². The number of rotatable bonds is 9. The fourth-order valence-corrected chi connectivity index (χ4v) is 9.32. The number of anilines is 1. The largest absolute Gasteiger partial charge is 0.458 e. The van der Waals surface area contributed by atoms with Crippen LogP contribution in [0.3, 0.4) is 0 Å². The van der Waals surface area contributed by atoms with Crippen molar-refractivity contribution in [2.45, 2.75) is 43.4 Å². The monoisotopic (exact) mass is 701 g/mol. The highest BCUT2D eigenvalue weighted by molar-refractivity contribution is 5.96. The van der Waals surface area contributed by atoms with Crippen molar-refractivity contribution < 1.29 is 14.3 Å². The summed E-state index contributed by atoms with van der Waals surface area (Å²) in [5.74, 6) is -0.673. The summed E-state index contributed by atoms with van der Waals surface area (Å²) < 4.78 is 8.04. The Hall–Kier alpha value is -5.73. The first kappa shape index (κ1) is 33.1. The van der Waals surface area contributed by atoms with Crippen molar-refractivity contribution in [3.63, 3.8) is 0 Å². The van der Waals surface area contributed by atoms with Gasteiger partial charge in [0.05, 0.1) is 16.6 Å². The molecule has 3 fully saturated rings. The molecule has 6 aromatic rings.